The maximum atomic E-state index is 12.3. The van der Waals surface area contributed by atoms with Crippen molar-refractivity contribution in [3.05, 3.63) is 38.8 Å². The van der Waals surface area contributed by atoms with Crippen LogP contribution in [-0.4, -0.2) is 34.0 Å². The summed E-state index contributed by atoms with van der Waals surface area (Å²) in [7, 11) is 0. The van der Waals surface area contributed by atoms with Crippen LogP contribution in [0.4, 0.5) is 5.13 Å². The summed E-state index contributed by atoms with van der Waals surface area (Å²) in [5.41, 5.74) is 2.28. The first-order chi connectivity index (χ1) is 12.3. The van der Waals surface area contributed by atoms with Crippen LogP contribution in [0.25, 0.3) is 0 Å². The Bertz CT molecular complexity index is 818. The van der Waals surface area contributed by atoms with Crippen molar-refractivity contribution >= 4 is 16.5 Å². The van der Waals surface area contributed by atoms with Crippen molar-refractivity contribution in [1.29, 1.82) is 0 Å². The average Bonchev–Trinajstić information content (AvgIpc) is 3.22. The normalized spacial score (nSPS) is 23.0. The van der Waals surface area contributed by atoms with Crippen LogP contribution in [0.1, 0.15) is 47.9 Å². The summed E-state index contributed by atoms with van der Waals surface area (Å²) in [5.74, 6) is 0.567. The Morgan fingerprint density at radius 3 is 3.04 bits per heavy atom. The van der Waals surface area contributed by atoms with Crippen LogP contribution in [0.5, 0.6) is 0 Å². The fourth-order valence-corrected chi connectivity index (χ4v) is 4.95. The van der Waals surface area contributed by atoms with E-state index in [2.05, 4.69) is 10.00 Å². The standard InChI is InChI=1S/C18H22N4O2S/c23-17-6-5-14(12-3-4-12)20-22(17)10-13-2-1-8-21(13)18-19-15-7-9-24-11-16(15)25-18/h5-6,12-13H,1-4,7-11H2. The second kappa shape index (κ2) is 6.21. The molecule has 6 nitrogen and oxygen atoms in total. The van der Waals surface area contributed by atoms with Gasteiger partial charge in [0.2, 0.25) is 0 Å². The van der Waals surface area contributed by atoms with E-state index in [9.17, 15) is 4.79 Å². The van der Waals surface area contributed by atoms with Gasteiger partial charge in [0.15, 0.2) is 5.13 Å². The van der Waals surface area contributed by atoms with Crippen LogP contribution >= 0.6 is 11.3 Å². The zero-order valence-corrected chi connectivity index (χ0v) is 15.0. The minimum absolute atomic E-state index is 0.00285. The average molecular weight is 358 g/mol. The zero-order chi connectivity index (χ0) is 16.8. The largest absolute Gasteiger partial charge is 0.375 e. The molecule has 1 aliphatic carbocycles. The minimum Gasteiger partial charge on any atom is -0.375 e. The van der Waals surface area contributed by atoms with E-state index in [1.165, 1.54) is 23.4 Å². The second-order valence-electron chi connectivity index (χ2n) is 7.21. The Hall–Kier alpha value is -1.73. The van der Waals surface area contributed by atoms with Gasteiger partial charge in [0.25, 0.3) is 5.56 Å². The van der Waals surface area contributed by atoms with E-state index in [0.29, 0.717) is 25.1 Å². The molecule has 1 unspecified atom stereocenters. The summed E-state index contributed by atoms with van der Waals surface area (Å²) >= 11 is 1.75. The lowest BCUT2D eigenvalue weighted by Gasteiger charge is -2.24. The molecule has 1 saturated heterocycles. The summed E-state index contributed by atoms with van der Waals surface area (Å²) in [6.07, 6.45) is 5.54. The lowest BCUT2D eigenvalue weighted by atomic mass is 10.2. The van der Waals surface area contributed by atoms with Crippen molar-refractivity contribution in [3.8, 4) is 0 Å². The molecule has 25 heavy (non-hydrogen) atoms. The topological polar surface area (TPSA) is 60.2 Å². The van der Waals surface area contributed by atoms with E-state index < -0.39 is 0 Å². The van der Waals surface area contributed by atoms with Gasteiger partial charge in [0.05, 0.1) is 42.1 Å². The molecule has 0 radical (unpaired) electrons. The number of aromatic nitrogens is 3. The van der Waals surface area contributed by atoms with Crippen molar-refractivity contribution < 1.29 is 4.74 Å². The van der Waals surface area contributed by atoms with Gasteiger partial charge < -0.3 is 9.64 Å². The van der Waals surface area contributed by atoms with Gasteiger partial charge in [-0.15, -0.1) is 0 Å². The lowest BCUT2D eigenvalue weighted by molar-refractivity contribution is 0.112. The Kier molecular flexibility index (Phi) is 3.86. The molecule has 0 N–H and O–H groups in total. The molecular formula is C18H22N4O2S. The number of hydrogen-bond donors (Lipinski definition) is 0. The molecule has 2 aromatic rings. The highest BCUT2D eigenvalue weighted by Gasteiger charge is 2.30. The Morgan fingerprint density at radius 1 is 1.28 bits per heavy atom. The number of ether oxygens (including phenoxy) is 1. The molecule has 0 spiro atoms. The third-order valence-corrected chi connectivity index (χ3v) is 6.48. The molecule has 3 aliphatic rings. The molecule has 1 saturated carbocycles. The summed E-state index contributed by atoms with van der Waals surface area (Å²) in [5, 5.41) is 5.72. The molecule has 5 rings (SSSR count). The maximum absolute atomic E-state index is 12.3. The predicted molar refractivity (Wildman–Crippen MR) is 96.3 cm³/mol. The number of nitrogens with zero attached hydrogens (tertiary/aromatic N) is 4. The first-order valence-corrected chi connectivity index (χ1v) is 10.0. The molecule has 4 heterocycles. The predicted octanol–water partition coefficient (Wildman–Crippen LogP) is 2.32. The number of hydrogen-bond acceptors (Lipinski definition) is 6. The van der Waals surface area contributed by atoms with Gasteiger partial charge in [0.1, 0.15) is 0 Å². The van der Waals surface area contributed by atoms with E-state index in [4.69, 9.17) is 9.72 Å². The van der Waals surface area contributed by atoms with Crippen LogP contribution in [0.15, 0.2) is 16.9 Å². The van der Waals surface area contributed by atoms with E-state index in [1.807, 2.05) is 6.07 Å². The zero-order valence-electron chi connectivity index (χ0n) is 14.2. The molecule has 7 heteroatoms. The lowest BCUT2D eigenvalue weighted by Crippen LogP contribution is -2.37. The van der Waals surface area contributed by atoms with E-state index in [1.54, 1.807) is 22.1 Å². The van der Waals surface area contributed by atoms with Crippen LogP contribution in [0.3, 0.4) is 0 Å². The van der Waals surface area contributed by atoms with E-state index in [-0.39, 0.29) is 5.56 Å². The number of thiazole rings is 1. The van der Waals surface area contributed by atoms with E-state index in [0.717, 1.165) is 43.2 Å². The third-order valence-electron chi connectivity index (χ3n) is 5.37. The Balaban J connectivity index is 1.39. The highest BCUT2D eigenvalue weighted by Crippen LogP contribution is 2.38. The van der Waals surface area contributed by atoms with Gasteiger partial charge in [-0.3, -0.25) is 4.79 Å². The molecule has 132 valence electrons. The van der Waals surface area contributed by atoms with Crippen LogP contribution in [-0.2, 0) is 24.3 Å². The SMILES string of the molecule is O=c1ccc(C2CC2)nn1CC1CCCN1c1nc2c(s1)COCC2. The van der Waals surface area contributed by atoms with Gasteiger partial charge in [-0.2, -0.15) is 5.10 Å². The van der Waals surface area contributed by atoms with Gasteiger partial charge in [-0.1, -0.05) is 11.3 Å². The quantitative estimate of drug-likeness (QED) is 0.839. The fourth-order valence-electron chi connectivity index (χ4n) is 3.80. The van der Waals surface area contributed by atoms with Gasteiger partial charge in [-0.05, 0) is 31.7 Å². The molecular weight excluding hydrogens is 336 g/mol. The van der Waals surface area contributed by atoms with Crippen molar-refractivity contribution in [2.24, 2.45) is 0 Å². The number of anilines is 1. The molecule has 0 amide bonds. The molecule has 1 atom stereocenters. The smallest absolute Gasteiger partial charge is 0.266 e. The summed E-state index contributed by atoms with van der Waals surface area (Å²) in [6, 6.07) is 3.88. The third kappa shape index (κ3) is 3.00. The van der Waals surface area contributed by atoms with Crippen molar-refractivity contribution in [3.63, 3.8) is 0 Å². The summed E-state index contributed by atoms with van der Waals surface area (Å²) in [6.45, 7) is 3.12. The van der Waals surface area contributed by atoms with E-state index >= 15 is 0 Å². The molecule has 0 aromatic carbocycles. The van der Waals surface area contributed by atoms with Crippen LogP contribution in [0, 0.1) is 0 Å². The maximum Gasteiger partial charge on any atom is 0.266 e. The van der Waals surface area contributed by atoms with Crippen molar-refractivity contribution in [2.45, 2.75) is 57.2 Å². The monoisotopic (exact) mass is 358 g/mol. The molecule has 2 fully saturated rings. The molecule has 2 aromatic heterocycles. The Morgan fingerprint density at radius 2 is 2.20 bits per heavy atom. The molecule has 2 aliphatic heterocycles. The summed E-state index contributed by atoms with van der Waals surface area (Å²) in [4.78, 5) is 20.8. The van der Waals surface area contributed by atoms with Gasteiger partial charge >= 0.3 is 0 Å². The highest BCUT2D eigenvalue weighted by atomic mass is 32.1. The van der Waals surface area contributed by atoms with Crippen LogP contribution < -0.4 is 10.5 Å². The van der Waals surface area contributed by atoms with Gasteiger partial charge in [0, 0.05) is 24.9 Å². The molecule has 0 bridgehead atoms. The van der Waals surface area contributed by atoms with Crippen molar-refractivity contribution in [2.75, 3.05) is 18.1 Å². The number of fused-ring (bicyclic) bond motifs is 1. The first-order valence-electron chi connectivity index (χ1n) is 9.19. The Labute approximate surface area is 150 Å². The first kappa shape index (κ1) is 15.5. The highest BCUT2D eigenvalue weighted by molar-refractivity contribution is 7.15. The minimum atomic E-state index is 0.00285. The number of rotatable bonds is 4. The van der Waals surface area contributed by atoms with Gasteiger partial charge in [-0.25, -0.2) is 9.67 Å². The fraction of sp³-hybridized carbons (Fsp3) is 0.611. The second-order valence-corrected chi connectivity index (χ2v) is 8.27. The van der Waals surface area contributed by atoms with Crippen LogP contribution in [0.2, 0.25) is 0 Å². The summed E-state index contributed by atoms with van der Waals surface area (Å²) < 4.78 is 7.22. The van der Waals surface area contributed by atoms with Crippen molar-refractivity contribution in [1.82, 2.24) is 14.8 Å².